The molecular formula is C12H18FNO3. The summed E-state index contributed by atoms with van der Waals surface area (Å²) in [4.78, 5) is 3.58. The third kappa shape index (κ3) is 4.66. The van der Waals surface area contributed by atoms with Gasteiger partial charge in [0.05, 0.1) is 6.20 Å². The summed E-state index contributed by atoms with van der Waals surface area (Å²) in [5.41, 5.74) is 0.451. The second-order valence-electron chi connectivity index (χ2n) is 3.43. The predicted molar refractivity (Wildman–Crippen MR) is 61.5 cm³/mol. The van der Waals surface area contributed by atoms with Crippen LogP contribution in [0.5, 0.6) is 5.75 Å². The van der Waals surface area contributed by atoms with Crippen molar-refractivity contribution in [3.8, 4) is 5.75 Å². The first-order valence-corrected chi connectivity index (χ1v) is 5.65. The Kier molecular flexibility index (Phi) is 5.86. The van der Waals surface area contributed by atoms with Gasteiger partial charge in [0.15, 0.2) is 6.29 Å². The zero-order valence-corrected chi connectivity index (χ0v) is 10.4. The highest BCUT2D eigenvalue weighted by Gasteiger charge is 2.09. The smallest absolute Gasteiger partial charge is 0.215 e. The van der Waals surface area contributed by atoms with E-state index in [1.165, 1.54) is 6.20 Å². The topological polar surface area (TPSA) is 40.6 Å². The lowest BCUT2D eigenvalue weighted by Crippen LogP contribution is -2.25. The van der Waals surface area contributed by atoms with E-state index in [2.05, 4.69) is 4.98 Å². The molecule has 1 aromatic rings. The van der Waals surface area contributed by atoms with Crippen molar-refractivity contribution in [2.75, 3.05) is 19.8 Å². The fourth-order valence-corrected chi connectivity index (χ4v) is 1.29. The molecular weight excluding hydrogens is 225 g/mol. The highest BCUT2D eigenvalue weighted by atomic mass is 19.1. The third-order valence-electron chi connectivity index (χ3n) is 2.08. The van der Waals surface area contributed by atoms with Gasteiger partial charge >= 0.3 is 0 Å². The van der Waals surface area contributed by atoms with Crippen LogP contribution in [0.25, 0.3) is 0 Å². The van der Waals surface area contributed by atoms with Crippen molar-refractivity contribution < 1.29 is 18.6 Å². The minimum atomic E-state index is -0.483. The van der Waals surface area contributed by atoms with E-state index in [1.807, 2.05) is 13.8 Å². The first-order chi connectivity index (χ1) is 8.17. The van der Waals surface area contributed by atoms with Gasteiger partial charge in [-0.2, -0.15) is 4.39 Å². The Morgan fingerprint density at radius 1 is 1.29 bits per heavy atom. The molecule has 0 saturated carbocycles. The predicted octanol–water partition coefficient (Wildman–Crippen LogP) is 2.31. The van der Waals surface area contributed by atoms with Crippen LogP contribution in [0.3, 0.4) is 0 Å². The van der Waals surface area contributed by atoms with Crippen LogP contribution in [-0.2, 0) is 9.47 Å². The van der Waals surface area contributed by atoms with E-state index in [4.69, 9.17) is 14.2 Å². The molecule has 0 unspecified atom stereocenters. The van der Waals surface area contributed by atoms with Crippen LogP contribution in [0.1, 0.15) is 19.4 Å². The third-order valence-corrected chi connectivity index (χ3v) is 2.08. The zero-order valence-electron chi connectivity index (χ0n) is 10.4. The molecule has 17 heavy (non-hydrogen) atoms. The number of hydrogen-bond donors (Lipinski definition) is 0. The first kappa shape index (κ1) is 13.9. The summed E-state index contributed by atoms with van der Waals surface area (Å²) in [7, 11) is 0. The van der Waals surface area contributed by atoms with Crippen LogP contribution in [-0.4, -0.2) is 31.1 Å². The number of aromatic nitrogens is 1. The highest BCUT2D eigenvalue weighted by Crippen LogP contribution is 2.13. The summed E-state index contributed by atoms with van der Waals surface area (Å²) in [6.07, 6.45) is 0.937. The van der Waals surface area contributed by atoms with Gasteiger partial charge < -0.3 is 14.2 Å². The largest absolute Gasteiger partial charge is 0.487 e. The SMILES string of the molecule is CCOC(COc1cnc(F)c(C)c1)OCC. The van der Waals surface area contributed by atoms with Crippen LogP contribution in [0, 0.1) is 12.9 Å². The van der Waals surface area contributed by atoms with Gasteiger partial charge in [0.1, 0.15) is 12.4 Å². The van der Waals surface area contributed by atoms with Gasteiger partial charge in [-0.3, -0.25) is 0 Å². The number of hydrogen-bond acceptors (Lipinski definition) is 4. The fraction of sp³-hybridized carbons (Fsp3) is 0.583. The van der Waals surface area contributed by atoms with Crippen molar-refractivity contribution in [2.24, 2.45) is 0 Å². The van der Waals surface area contributed by atoms with Crippen LogP contribution >= 0.6 is 0 Å². The summed E-state index contributed by atoms with van der Waals surface area (Å²) in [6.45, 7) is 6.76. The zero-order chi connectivity index (χ0) is 12.7. The lowest BCUT2D eigenvalue weighted by atomic mass is 10.3. The Bertz CT molecular complexity index is 341. The number of halogens is 1. The molecule has 0 aromatic carbocycles. The number of ether oxygens (including phenoxy) is 3. The van der Waals surface area contributed by atoms with Gasteiger partial charge in [-0.05, 0) is 26.8 Å². The molecule has 0 aliphatic rings. The molecule has 0 fully saturated rings. The van der Waals surface area contributed by atoms with Gasteiger partial charge in [-0.1, -0.05) is 0 Å². The maximum Gasteiger partial charge on any atom is 0.215 e. The van der Waals surface area contributed by atoms with E-state index in [0.29, 0.717) is 24.5 Å². The summed E-state index contributed by atoms with van der Waals surface area (Å²) >= 11 is 0. The van der Waals surface area contributed by atoms with Gasteiger partial charge in [0.2, 0.25) is 5.95 Å². The van der Waals surface area contributed by atoms with Crippen molar-refractivity contribution in [2.45, 2.75) is 27.1 Å². The Hall–Kier alpha value is -1.20. The molecule has 5 heteroatoms. The molecule has 1 aromatic heterocycles. The maximum atomic E-state index is 12.9. The highest BCUT2D eigenvalue weighted by molar-refractivity contribution is 5.23. The monoisotopic (exact) mass is 243 g/mol. The molecule has 4 nitrogen and oxygen atoms in total. The molecule has 0 saturated heterocycles. The Morgan fingerprint density at radius 3 is 2.47 bits per heavy atom. The fourth-order valence-electron chi connectivity index (χ4n) is 1.29. The van der Waals surface area contributed by atoms with E-state index in [9.17, 15) is 4.39 Å². The van der Waals surface area contributed by atoms with Crippen LogP contribution in [0.4, 0.5) is 4.39 Å². The second kappa shape index (κ2) is 7.19. The normalized spacial score (nSPS) is 10.9. The second-order valence-corrected chi connectivity index (χ2v) is 3.43. The summed E-state index contributed by atoms with van der Waals surface area (Å²) in [6, 6.07) is 1.59. The minimum absolute atomic E-state index is 0.258. The van der Waals surface area contributed by atoms with Crippen LogP contribution < -0.4 is 4.74 Å². The Balaban J connectivity index is 2.49. The molecule has 0 spiro atoms. The van der Waals surface area contributed by atoms with E-state index < -0.39 is 12.2 Å². The van der Waals surface area contributed by atoms with Crippen LogP contribution in [0.15, 0.2) is 12.3 Å². The average molecular weight is 243 g/mol. The number of nitrogens with zero attached hydrogens (tertiary/aromatic N) is 1. The standard InChI is InChI=1S/C12H18FNO3/c1-4-15-11(16-5-2)8-17-10-6-9(3)12(13)14-7-10/h6-7,11H,4-5,8H2,1-3H3. The van der Waals surface area contributed by atoms with Gasteiger partial charge in [0.25, 0.3) is 0 Å². The molecule has 0 N–H and O–H groups in total. The molecule has 0 amide bonds. The van der Waals surface area contributed by atoms with Crippen molar-refractivity contribution >= 4 is 0 Å². The molecule has 0 aliphatic carbocycles. The maximum absolute atomic E-state index is 12.9. The summed E-state index contributed by atoms with van der Waals surface area (Å²) in [5.74, 6) is 0.0248. The molecule has 0 radical (unpaired) electrons. The Morgan fingerprint density at radius 2 is 1.94 bits per heavy atom. The molecule has 1 heterocycles. The van der Waals surface area contributed by atoms with Crippen molar-refractivity contribution in [3.05, 3.63) is 23.8 Å². The molecule has 0 aliphatic heterocycles. The minimum Gasteiger partial charge on any atom is -0.487 e. The lowest BCUT2D eigenvalue weighted by molar-refractivity contribution is -0.152. The average Bonchev–Trinajstić information content (AvgIpc) is 2.31. The van der Waals surface area contributed by atoms with Crippen molar-refractivity contribution in [1.82, 2.24) is 4.98 Å². The van der Waals surface area contributed by atoms with Crippen LogP contribution in [0.2, 0.25) is 0 Å². The Labute approximate surface area is 101 Å². The molecule has 96 valence electrons. The quantitative estimate of drug-likeness (QED) is 0.544. The van der Waals surface area contributed by atoms with E-state index >= 15 is 0 Å². The number of pyridine rings is 1. The number of rotatable bonds is 7. The van der Waals surface area contributed by atoms with E-state index in [1.54, 1.807) is 13.0 Å². The number of aryl methyl sites for hydroxylation is 1. The molecule has 0 atom stereocenters. The lowest BCUT2D eigenvalue weighted by Gasteiger charge is -2.17. The van der Waals surface area contributed by atoms with Crippen molar-refractivity contribution in [3.63, 3.8) is 0 Å². The van der Waals surface area contributed by atoms with Gasteiger partial charge in [-0.25, -0.2) is 4.98 Å². The molecule has 1 rings (SSSR count). The van der Waals surface area contributed by atoms with Gasteiger partial charge in [-0.15, -0.1) is 0 Å². The van der Waals surface area contributed by atoms with E-state index in [0.717, 1.165) is 0 Å². The summed E-state index contributed by atoms with van der Waals surface area (Å²) in [5, 5.41) is 0. The molecule has 0 bridgehead atoms. The first-order valence-electron chi connectivity index (χ1n) is 5.65. The van der Waals surface area contributed by atoms with Gasteiger partial charge in [0, 0.05) is 18.8 Å². The summed E-state index contributed by atoms with van der Waals surface area (Å²) < 4.78 is 29.0. The van der Waals surface area contributed by atoms with E-state index in [-0.39, 0.29) is 6.61 Å². The van der Waals surface area contributed by atoms with Crippen molar-refractivity contribution in [1.29, 1.82) is 0 Å².